The van der Waals surface area contributed by atoms with Gasteiger partial charge in [-0.2, -0.15) is 0 Å². The Labute approximate surface area is 118 Å². The molecule has 1 N–H and O–H groups in total. The minimum Gasteiger partial charge on any atom is -0.479 e. The molecular formula is C14H20N2O4. The first-order chi connectivity index (χ1) is 9.54. The Hall–Kier alpha value is -1.82. The van der Waals surface area contributed by atoms with E-state index in [-0.39, 0.29) is 12.5 Å². The molecular weight excluding hydrogens is 260 g/mol. The SMILES string of the molecule is CCCN(C)CC(=O)N1CCc2occc2C1C(=O)O. The number of likely N-dealkylation sites (N-methyl/N-ethyl adjacent to an activating group) is 1. The van der Waals surface area contributed by atoms with Gasteiger partial charge in [-0.15, -0.1) is 0 Å². The van der Waals surface area contributed by atoms with E-state index in [0.717, 1.165) is 13.0 Å². The number of carbonyl (C=O) groups is 2. The van der Waals surface area contributed by atoms with Crippen LogP contribution in [0.25, 0.3) is 0 Å². The molecule has 1 aliphatic rings. The van der Waals surface area contributed by atoms with Crippen LogP contribution >= 0.6 is 0 Å². The lowest BCUT2D eigenvalue weighted by atomic mass is 9.99. The molecule has 1 atom stereocenters. The van der Waals surface area contributed by atoms with Gasteiger partial charge in [-0.1, -0.05) is 6.92 Å². The molecule has 2 heterocycles. The van der Waals surface area contributed by atoms with Crippen molar-refractivity contribution in [3.63, 3.8) is 0 Å². The number of nitrogens with zero attached hydrogens (tertiary/aromatic N) is 2. The molecule has 6 heteroatoms. The molecule has 0 saturated carbocycles. The van der Waals surface area contributed by atoms with Crippen LogP contribution in [-0.2, 0) is 16.0 Å². The normalized spacial score (nSPS) is 18.1. The van der Waals surface area contributed by atoms with Gasteiger partial charge in [0, 0.05) is 18.5 Å². The predicted octanol–water partition coefficient (Wildman–Crippen LogP) is 1.13. The highest BCUT2D eigenvalue weighted by molar-refractivity contribution is 5.86. The molecule has 1 amide bonds. The number of rotatable bonds is 5. The molecule has 110 valence electrons. The van der Waals surface area contributed by atoms with Crippen LogP contribution in [0.15, 0.2) is 16.7 Å². The number of furan rings is 1. The third kappa shape index (κ3) is 2.85. The lowest BCUT2D eigenvalue weighted by Gasteiger charge is -2.33. The lowest BCUT2D eigenvalue weighted by Crippen LogP contribution is -2.46. The summed E-state index contributed by atoms with van der Waals surface area (Å²) in [7, 11) is 1.87. The lowest BCUT2D eigenvalue weighted by molar-refractivity contribution is -0.151. The highest BCUT2D eigenvalue weighted by Crippen LogP contribution is 2.30. The van der Waals surface area contributed by atoms with Gasteiger partial charge in [-0.25, -0.2) is 4.79 Å². The highest BCUT2D eigenvalue weighted by Gasteiger charge is 2.37. The first-order valence-electron chi connectivity index (χ1n) is 6.81. The van der Waals surface area contributed by atoms with Crippen LogP contribution in [0.1, 0.15) is 30.7 Å². The van der Waals surface area contributed by atoms with E-state index in [1.165, 1.54) is 11.2 Å². The number of carboxylic acid groups (broad SMARTS) is 1. The van der Waals surface area contributed by atoms with Gasteiger partial charge in [0.25, 0.3) is 0 Å². The molecule has 0 fully saturated rings. The zero-order valence-electron chi connectivity index (χ0n) is 11.8. The first kappa shape index (κ1) is 14.6. The number of aliphatic carboxylic acids is 1. The second-order valence-electron chi connectivity index (χ2n) is 5.11. The average Bonchev–Trinajstić information content (AvgIpc) is 2.85. The third-order valence-electron chi connectivity index (χ3n) is 3.53. The molecule has 0 spiro atoms. The summed E-state index contributed by atoms with van der Waals surface area (Å²) in [6, 6.07) is 0.712. The molecule has 1 aliphatic heterocycles. The van der Waals surface area contributed by atoms with Crippen molar-refractivity contribution in [3.05, 3.63) is 23.7 Å². The van der Waals surface area contributed by atoms with Crippen molar-refractivity contribution in [2.75, 3.05) is 26.7 Å². The topological polar surface area (TPSA) is 74.0 Å². The van der Waals surface area contributed by atoms with Crippen LogP contribution in [-0.4, -0.2) is 53.5 Å². The van der Waals surface area contributed by atoms with Crippen LogP contribution in [0, 0.1) is 0 Å². The number of carbonyl (C=O) groups excluding carboxylic acids is 1. The van der Waals surface area contributed by atoms with E-state index >= 15 is 0 Å². The summed E-state index contributed by atoms with van der Waals surface area (Å²) in [4.78, 5) is 27.2. The third-order valence-corrected chi connectivity index (χ3v) is 3.53. The summed E-state index contributed by atoms with van der Waals surface area (Å²) in [5.74, 6) is -0.498. The molecule has 1 aromatic rings. The Kier molecular flexibility index (Phi) is 4.44. The van der Waals surface area contributed by atoms with Crippen molar-refractivity contribution >= 4 is 11.9 Å². The smallest absolute Gasteiger partial charge is 0.331 e. The van der Waals surface area contributed by atoms with E-state index in [9.17, 15) is 14.7 Å². The maximum atomic E-state index is 12.3. The second kappa shape index (κ2) is 6.09. The quantitative estimate of drug-likeness (QED) is 0.875. The fourth-order valence-corrected chi connectivity index (χ4v) is 2.63. The van der Waals surface area contributed by atoms with E-state index in [1.54, 1.807) is 6.07 Å². The standard InChI is InChI=1S/C14H20N2O4/c1-3-6-15(2)9-12(17)16-7-4-11-10(5-8-20-11)13(16)14(18)19/h5,8,13H,3-4,6-7,9H2,1-2H3,(H,18,19). The monoisotopic (exact) mass is 280 g/mol. The molecule has 1 unspecified atom stereocenters. The maximum absolute atomic E-state index is 12.3. The number of carboxylic acids is 1. The van der Waals surface area contributed by atoms with Gasteiger partial charge in [0.2, 0.25) is 5.91 Å². The molecule has 6 nitrogen and oxygen atoms in total. The van der Waals surface area contributed by atoms with Gasteiger partial charge >= 0.3 is 5.97 Å². The Bertz CT molecular complexity index is 497. The van der Waals surface area contributed by atoms with Crippen LogP contribution in [0.3, 0.4) is 0 Å². The Balaban J connectivity index is 2.15. The summed E-state index contributed by atoms with van der Waals surface area (Å²) in [6.07, 6.45) is 3.01. The van der Waals surface area contributed by atoms with Crippen molar-refractivity contribution in [3.8, 4) is 0 Å². The molecule has 0 aromatic carbocycles. The Morgan fingerprint density at radius 2 is 2.30 bits per heavy atom. The second-order valence-corrected chi connectivity index (χ2v) is 5.11. The first-order valence-corrected chi connectivity index (χ1v) is 6.81. The summed E-state index contributed by atoms with van der Waals surface area (Å²) in [6.45, 7) is 3.48. The fraction of sp³-hybridized carbons (Fsp3) is 0.571. The minimum absolute atomic E-state index is 0.153. The number of fused-ring (bicyclic) bond motifs is 1. The Morgan fingerprint density at radius 1 is 1.55 bits per heavy atom. The van der Waals surface area contributed by atoms with Crippen LogP contribution in [0.4, 0.5) is 0 Å². The molecule has 0 radical (unpaired) electrons. The van der Waals surface area contributed by atoms with E-state index in [4.69, 9.17) is 4.42 Å². The van der Waals surface area contributed by atoms with Gasteiger partial charge in [-0.3, -0.25) is 9.69 Å². The molecule has 0 aliphatic carbocycles. The minimum atomic E-state index is -1.01. The van der Waals surface area contributed by atoms with Crippen LogP contribution in [0.2, 0.25) is 0 Å². The summed E-state index contributed by atoms with van der Waals surface area (Å²) in [5, 5.41) is 9.41. The van der Waals surface area contributed by atoms with Gasteiger partial charge in [0.1, 0.15) is 5.76 Å². The van der Waals surface area contributed by atoms with Gasteiger partial charge < -0.3 is 14.4 Å². The van der Waals surface area contributed by atoms with E-state index < -0.39 is 12.0 Å². The van der Waals surface area contributed by atoms with Crippen LogP contribution < -0.4 is 0 Å². The van der Waals surface area contributed by atoms with Crippen molar-refractivity contribution in [1.82, 2.24) is 9.80 Å². The molecule has 2 rings (SSSR count). The molecule has 0 bridgehead atoms. The zero-order chi connectivity index (χ0) is 14.7. The van der Waals surface area contributed by atoms with Gasteiger partial charge in [0.05, 0.1) is 12.8 Å². The Morgan fingerprint density at radius 3 is 2.95 bits per heavy atom. The zero-order valence-corrected chi connectivity index (χ0v) is 11.8. The van der Waals surface area contributed by atoms with E-state index in [0.29, 0.717) is 24.3 Å². The number of amides is 1. The summed E-state index contributed by atoms with van der Waals surface area (Å²) in [5.41, 5.74) is 0.593. The van der Waals surface area contributed by atoms with E-state index in [1.807, 2.05) is 18.9 Å². The average molecular weight is 280 g/mol. The fourth-order valence-electron chi connectivity index (χ4n) is 2.63. The predicted molar refractivity (Wildman–Crippen MR) is 72.3 cm³/mol. The van der Waals surface area contributed by atoms with Crippen molar-refractivity contribution in [2.45, 2.75) is 25.8 Å². The molecule has 0 saturated heterocycles. The van der Waals surface area contributed by atoms with Crippen molar-refractivity contribution in [1.29, 1.82) is 0 Å². The van der Waals surface area contributed by atoms with E-state index in [2.05, 4.69) is 0 Å². The van der Waals surface area contributed by atoms with Gasteiger partial charge in [0.15, 0.2) is 6.04 Å². The van der Waals surface area contributed by atoms with Crippen LogP contribution in [0.5, 0.6) is 0 Å². The largest absolute Gasteiger partial charge is 0.479 e. The van der Waals surface area contributed by atoms with Gasteiger partial charge in [-0.05, 0) is 26.1 Å². The van der Waals surface area contributed by atoms with Crippen molar-refractivity contribution in [2.24, 2.45) is 0 Å². The maximum Gasteiger partial charge on any atom is 0.331 e. The number of hydrogen-bond donors (Lipinski definition) is 1. The van der Waals surface area contributed by atoms with Crippen molar-refractivity contribution < 1.29 is 19.1 Å². The highest BCUT2D eigenvalue weighted by atomic mass is 16.4. The summed E-state index contributed by atoms with van der Waals surface area (Å²) >= 11 is 0. The molecule has 1 aromatic heterocycles. The molecule has 20 heavy (non-hydrogen) atoms. The summed E-state index contributed by atoms with van der Waals surface area (Å²) < 4.78 is 5.27. The number of hydrogen-bond acceptors (Lipinski definition) is 4.